The minimum atomic E-state index is -0.156. The number of hydrogen-bond acceptors (Lipinski definition) is 3. The minimum absolute atomic E-state index is 0.0304. The Morgan fingerprint density at radius 3 is 3.05 bits per heavy atom. The lowest BCUT2D eigenvalue weighted by molar-refractivity contribution is 0.0656. The maximum absolute atomic E-state index is 12.6. The number of hydrogen-bond donors (Lipinski definition) is 0. The summed E-state index contributed by atoms with van der Waals surface area (Å²) in [6.45, 7) is 2.89. The summed E-state index contributed by atoms with van der Waals surface area (Å²) in [4.78, 5) is 14.3. The summed E-state index contributed by atoms with van der Waals surface area (Å²) in [5.74, 6) is 3.22. The van der Waals surface area contributed by atoms with Crippen LogP contribution >= 0.6 is 0 Å². The van der Waals surface area contributed by atoms with E-state index >= 15 is 0 Å². The third-order valence-corrected chi connectivity index (χ3v) is 3.50. The summed E-state index contributed by atoms with van der Waals surface area (Å²) in [6.07, 6.45) is 5.81. The molecule has 0 aliphatic carbocycles. The molecule has 20 heavy (non-hydrogen) atoms. The third-order valence-electron chi connectivity index (χ3n) is 3.50. The fourth-order valence-electron chi connectivity index (χ4n) is 2.44. The highest BCUT2D eigenvalue weighted by molar-refractivity contribution is 6.01. The molecule has 0 spiro atoms. The number of carbonyl (C=O) groups is 1. The lowest BCUT2D eigenvalue weighted by Crippen LogP contribution is -2.40. The molecule has 1 atom stereocenters. The first-order valence-electron chi connectivity index (χ1n) is 6.61. The summed E-state index contributed by atoms with van der Waals surface area (Å²) in [5.41, 5.74) is 0.664. The molecule has 0 saturated heterocycles. The van der Waals surface area contributed by atoms with E-state index in [0.29, 0.717) is 30.9 Å². The molecule has 0 bridgehead atoms. The number of furan rings is 1. The Bertz CT molecular complexity index is 695. The molecular formula is C16H15NO3. The van der Waals surface area contributed by atoms with E-state index < -0.39 is 0 Å². The van der Waals surface area contributed by atoms with Crippen molar-refractivity contribution in [2.45, 2.75) is 19.4 Å². The molecule has 1 unspecified atom stereocenters. The number of benzene rings is 1. The van der Waals surface area contributed by atoms with Gasteiger partial charge in [0.2, 0.25) is 5.76 Å². The van der Waals surface area contributed by atoms with Crippen LogP contribution in [0.2, 0.25) is 0 Å². The average molecular weight is 269 g/mol. The predicted molar refractivity (Wildman–Crippen MR) is 75.7 cm³/mol. The molecule has 1 aliphatic heterocycles. The van der Waals surface area contributed by atoms with E-state index in [9.17, 15) is 4.79 Å². The smallest absolute Gasteiger partial charge is 0.293 e. The van der Waals surface area contributed by atoms with Gasteiger partial charge < -0.3 is 14.1 Å². The summed E-state index contributed by atoms with van der Waals surface area (Å²) < 4.78 is 11.5. The van der Waals surface area contributed by atoms with Gasteiger partial charge in [-0.25, -0.2) is 0 Å². The maximum atomic E-state index is 12.6. The molecule has 0 radical (unpaired) electrons. The molecule has 0 saturated carbocycles. The second kappa shape index (κ2) is 4.93. The molecule has 1 aliphatic rings. The van der Waals surface area contributed by atoms with Gasteiger partial charge in [0.25, 0.3) is 5.91 Å². The molecule has 3 rings (SSSR count). The fourth-order valence-corrected chi connectivity index (χ4v) is 2.44. The van der Waals surface area contributed by atoms with Crippen LogP contribution in [-0.4, -0.2) is 30.0 Å². The Morgan fingerprint density at radius 1 is 1.45 bits per heavy atom. The van der Waals surface area contributed by atoms with E-state index in [1.165, 1.54) is 0 Å². The van der Waals surface area contributed by atoms with E-state index in [1.807, 2.05) is 31.2 Å². The van der Waals surface area contributed by atoms with Crippen molar-refractivity contribution in [2.24, 2.45) is 0 Å². The fraction of sp³-hybridized carbons (Fsp3) is 0.312. The predicted octanol–water partition coefficient (Wildman–Crippen LogP) is 2.68. The van der Waals surface area contributed by atoms with Crippen LogP contribution < -0.4 is 4.74 Å². The molecule has 0 N–H and O–H groups in total. The van der Waals surface area contributed by atoms with Crippen LogP contribution in [0.3, 0.4) is 0 Å². The van der Waals surface area contributed by atoms with Crippen molar-refractivity contribution in [3.05, 3.63) is 30.0 Å². The SMILES string of the molecule is C#CCCN1C(=O)c2oc3ccccc3c2OCC1C. The van der Waals surface area contributed by atoms with Crippen LogP contribution in [0.1, 0.15) is 23.9 Å². The zero-order valence-corrected chi connectivity index (χ0v) is 11.3. The standard InChI is InChI=1S/C16H15NO3/c1-3-4-9-17-11(2)10-19-14-12-7-5-6-8-13(12)20-15(14)16(17)18/h1,5-8,11H,4,9-10H2,2H3. The van der Waals surface area contributed by atoms with Crippen molar-refractivity contribution in [3.63, 3.8) is 0 Å². The quantitative estimate of drug-likeness (QED) is 0.787. The molecule has 1 aromatic heterocycles. The van der Waals surface area contributed by atoms with Crippen LogP contribution in [-0.2, 0) is 0 Å². The Morgan fingerprint density at radius 2 is 2.25 bits per heavy atom. The highest BCUT2D eigenvalue weighted by Gasteiger charge is 2.32. The summed E-state index contributed by atoms with van der Waals surface area (Å²) in [7, 11) is 0. The van der Waals surface area contributed by atoms with Crippen LogP contribution in [0.5, 0.6) is 5.75 Å². The van der Waals surface area contributed by atoms with E-state index in [-0.39, 0.29) is 17.7 Å². The zero-order chi connectivity index (χ0) is 14.1. The zero-order valence-electron chi connectivity index (χ0n) is 11.3. The number of rotatable bonds is 2. The van der Waals surface area contributed by atoms with Gasteiger partial charge in [-0.15, -0.1) is 12.3 Å². The van der Waals surface area contributed by atoms with Gasteiger partial charge in [-0.05, 0) is 19.1 Å². The van der Waals surface area contributed by atoms with Gasteiger partial charge in [0, 0.05) is 13.0 Å². The second-order valence-corrected chi connectivity index (χ2v) is 4.87. The molecule has 1 aromatic carbocycles. The van der Waals surface area contributed by atoms with Crippen LogP contribution in [0, 0.1) is 12.3 Å². The average Bonchev–Trinajstić information content (AvgIpc) is 2.78. The summed E-state index contributed by atoms with van der Waals surface area (Å²) >= 11 is 0. The van der Waals surface area contributed by atoms with Crippen molar-refractivity contribution in [3.8, 4) is 18.1 Å². The molecule has 2 heterocycles. The number of para-hydroxylation sites is 1. The first-order valence-corrected chi connectivity index (χ1v) is 6.61. The lowest BCUT2D eigenvalue weighted by atomic mass is 10.2. The van der Waals surface area contributed by atoms with Crippen molar-refractivity contribution >= 4 is 16.9 Å². The van der Waals surface area contributed by atoms with E-state index in [0.717, 1.165) is 5.39 Å². The topological polar surface area (TPSA) is 42.7 Å². The molecule has 4 heteroatoms. The second-order valence-electron chi connectivity index (χ2n) is 4.87. The largest absolute Gasteiger partial charge is 0.487 e. The number of terminal acetylenes is 1. The van der Waals surface area contributed by atoms with Gasteiger partial charge in [-0.1, -0.05) is 12.1 Å². The summed E-state index contributed by atoms with van der Waals surface area (Å²) in [6, 6.07) is 7.46. The molecule has 1 amide bonds. The Labute approximate surface area is 117 Å². The lowest BCUT2D eigenvalue weighted by Gasteiger charge is -2.24. The van der Waals surface area contributed by atoms with Gasteiger partial charge >= 0.3 is 0 Å². The van der Waals surface area contributed by atoms with Crippen LogP contribution in [0.4, 0.5) is 0 Å². The first-order chi connectivity index (χ1) is 9.72. The Hall–Kier alpha value is -2.41. The third kappa shape index (κ3) is 1.92. The Kier molecular flexibility index (Phi) is 3.11. The van der Waals surface area contributed by atoms with E-state index in [1.54, 1.807) is 4.90 Å². The van der Waals surface area contributed by atoms with Crippen molar-refractivity contribution < 1.29 is 13.9 Å². The number of amides is 1. The number of ether oxygens (including phenoxy) is 1. The molecule has 4 nitrogen and oxygen atoms in total. The highest BCUT2D eigenvalue weighted by Crippen LogP contribution is 2.35. The van der Waals surface area contributed by atoms with Gasteiger partial charge in [0.05, 0.1) is 11.4 Å². The van der Waals surface area contributed by atoms with Crippen molar-refractivity contribution in [1.29, 1.82) is 0 Å². The van der Waals surface area contributed by atoms with Crippen LogP contribution in [0.15, 0.2) is 28.7 Å². The number of carbonyl (C=O) groups excluding carboxylic acids is 1. The number of nitrogens with zero attached hydrogens (tertiary/aromatic N) is 1. The van der Waals surface area contributed by atoms with E-state index in [2.05, 4.69) is 5.92 Å². The van der Waals surface area contributed by atoms with Gasteiger partial charge in [-0.3, -0.25) is 4.79 Å². The van der Waals surface area contributed by atoms with Crippen molar-refractivity contribution in [2.75, 3.05) is 13.2 Å². The number of fused-ring (bicyclic) bond motifs is 3. The normalized spacial score (nSPS) is 18.3. The molecular weight excluding hydrogens is 254 g/mol. The molecule has 0 fully saturated rings. The molecule has 102 valence electrons. The minimum Gasteiger partial charge on any atom is -0.487 e. The summed E-state index contributed by atoms with van der Waals surface area (Å²) in [5, 5.41) is 0.835. The van der Waals surface area contributed by atoms with Gasteiger partial charge in [0.15, 0.2) is 5.75 Å². The Balaban J connectivity index is 2.06. The van der Waals surface area contributed by atoms with Gasteiger partial charge in [-0.2, -0.15) is 0 Å². The van der Waals surface area contributed by atoms with Gasteiger partial charge in [0.1, 0.15) is 12.2 Å². The highest BCUT2D eigenvalue weighted by atomic mass is 16.5. The maximum Gasteiger partial charge on any atom is 0.293 e. The monoisotopic (exact) mass is 269 g/mol. The van der Waals surface area contributed by atoms with Crippen LogP contribution in [0.25, 0.3) is 11.0 Å². The van der Waals surface area contributed by atoms with Crippen molar-refractivity contribution in [1.82, 2.24) is 4.90 Å². The molecule has 2 aromatic rings. The first kappa shape index (κ1) is 12.6. The van der Waals surface area contributed by atoms with E-state index in [4.69, 9.17) is 15.6 Å².